The predicted molar refractivity (Wildman–Crippen MR) is 112 cm³/mol. The van der Waals surface area contributed by atoms with Gasteiger partial charge in [0.25, 0.3) is 11.8 Å². The van der Waals surface area contributed by atoms with Gasteiger partial charge in [-0.05, 0) is 35.6 Å². The highest BCUT2D eigenvalue weighted by Gasteiger charge is 2.21. The molecule has 0 radical (unpaired) electrons. The second-order valence-electron chi connectivity index (χ2n) is 6.64. The van der Waals surface area contributed by atoms with Crippen molar-refractivity contribution in [1.29, 1.82) is 0 Å². The Morgan fingerprint density at radius 2 is 1.90 bits per heavy atom. The lowest BCUT2D eigenvalue weighted by atomic mass is 9.97. The van der Waals surface area contributed by atoms with E-state index in [1.165, 1.54) is 29.0 Å². The largest absolute Gasteiger partial charge is 0.366 e. The van der Waals surface area contributed by atoms with Crippen LogP contribution in [0, 0.1) is 5.82 Å². The molecule has 1 atom stereocenters. The van der Waals surface area contributed by atoms with Crippen LogP contribution in [0.3, 0.4) is 0 Å². The quantitative estimate of drug-likeness (QED) is 0.531. The first-order chi connectivity index (χ1) is 14.0. The van der Waals surface area contributed by atoms with Crippen molar-refractivity contribution >= 4 is 28.2 Å². The first-order valence-electron chi connectivity index (χ1n) is 9.32. The van der Waals surface area contributed by atoms with Gasteiger partial charge in [-0.1, -0.05) is 43.3 Å². The van der Waals surface area contributed by atoms with Crippen LogP contribution >= 0.6 is 11.3 Å². The summed E-state index contributed by atoms with van der Waals surface area (Å²) in [5, 5.41) is 6.72. The molecule has 5 N–H and O–H groups in total. The fourth-order valence-electron chi connectivity index (χ4n) is 3.13. The number of nitrogens with one attached hydrogen (secondary N) is 1. The number of aryl methyl sites for hydroxylation is 1. The molecule has 150 valence electrons. The van der Waals surface area contributed by atoms with Crippen LogP contribution < -0.4 is 16.4 Å². The van der Waals surface area contributed by atoms with Crippen molar-refractivity contribution in [3.8, 4) is 0 Å². The summed E-state index contributed by atoms with van der Waals surface area (Å²) in [5.41, 5.74) is 8.58. The first-order valence-corrected chi connectivity index (χ1v) is 10.2. The van der Waals surface area contributed by atoms with Crippen LogP contribution in [0.4, 0.5) is 9.39 Å². The fraction of sp³-hybridized carbons (Fsp3) is 0.182. The number of benzene rings is 2. The fourth-order valence-corrected chi connectivity index (χ4v) is 3.94. The van der Waals surface area contributed by atoms with Gasteiger partial charge in [0.1, 0.15) is 16.9 Å². The Labute approximate surface area is 172 Å². The van der Waals surface area contributed by atoms with Crippen molar-refractivity contribution in [2.45, 2.75) is 19.4 Å². The maximum Gasteiger partial charge on any atom is 0.280 e. The molecular weight excluding hydrogens is 389 g/mol. The molecule has 2 amide bonds. The van der Waals surface area contributed by atoms with E-state index in [0.29, 0.717) is 10.6 Å². The SMILES string of the molecule is CCc1ccc([C@@H]([NH2+]CC(=O)Nc2sccc2C(N)=O)c2cccc(F)c2)cc1. The van der Waals surface area contributed by atoms with Gasteiger partial charge < -0.3 is 16.4 Å². The van der Waals surface area contributed by atoms with E-state index in [-0.39, 0.29) is 24.3 Å². The van der Waals surface area contributed by atoms with Crippen LogP contribution in [-0.2, 0) is 11.2 Å². The number of amides is 2. The van der Waals surface area contributed by atoms with Crippen molar-refractivity contribution in [1.82, 2.24) is 0 Å². The van der Waals surface area contributed by atoms with Crippen molar-refractivity contribution in [2.24, 2.45) is 5.73 Å². The van der Waals surface area contributed by atoms with Gasteiger partial charge in [0.15, 0.2) is 6.54 Å². The summed E-state index contributed by atoms with van der Waals surface area (Å²) in [5.74, 6) is -1.17. The summed E-state index contributed by atoms with van der Waals surface area (Å²) in [6.45, 7) is 2.19. The number of rotatable bonds is 8. The van der Waals surface area contributed by atoms with E-state index in [0.717, 1.165) is 17.5 Å². The number of hydrogen-bond acceptors (Lipinski definition) is 3. The van der Waals surface area contributed by atoms with E-state index in [4.69, 9.17) is 5.73 Å². The van der Waals surface area contributed by atoms with Crippen molar-refractivity contribution < 1.29 is 19.3 Å². The van der Waals surface area contributed by atoms with Crippen LogP contribution in [0.1, 0.15) is 40.0 Å². The minimum Gasteiger partial charge on any atom is -0.366 e. The van der Waals surface area contributed by atoms with E-state index in [2.05, 4.69) is 12.2 Å². The standard InChI is InChI=1S/C22H22FN3O2S/c1-2-14-6-8-15(9-7-14)20(16-4-3-5-17(23)12-16)25-13-19(27)26-22-18(21(24)28)10-11-29-22/h3-12,20,25H,2,13H2,1H3,(H2,24,28)(H,26,27)/p+1/t20-/m1/s1. The number of primary amides is 1. The van der Waals surface area contributed by atoms with Crippen LogP contribution in [0.2, 0.25) is 0 Å². The van der Waals surface area contributed by atoms with Gasteiger partial charge in [0, 0.05) is 11.1 Å². The number of anilines is 1. The highest BCUT2D eigenvalue weighted by Crippen LogP contribution is 2.23. The monoisotopic (exact) mass is 412 g/mol. The molecule has 5 nitrogen and oxygen atoms in total. The van der Waals surface area contributed by atoms with E-state index >= 15 is 0 Å². The third-order valence-corrected chi connectivity index (χ3v) is 5.51. The molecule has 0 unspecified atom stereocenters. The van der Waals surface area contributed by atoms with E-state index in [9.17, 15) is 14.0 Å². The smallest absolute Gasteiger partial charge is 0.280 e. The van der Waals surface area contributed by atoms with E-state index in [1.54, 1.807) is 17.5 Å². The molecule has 0 saturated carbocycles. The summed E-state index contributed by atoms with van der Waals surface area (Å²) in [4.78, 5) is 23.9. The lowest BCUT2D eigenvalue weighted by Crippen LogP contribution is -2.87. The van der Waals surface area contributed by atoms with Crippen LogP contribution in [0.25, 0.3) is 0 Å². The Balaban J connectivity index is 1.76. The van der Waals surface area contributed by atoms with Crippen molar-refractivity contribution in [3.63, 3.8) is 0 Å². The Morgan fingerprint density at radius 1 is 1.14 bits per heavy atom. The molecule has 7 heteroatoms. The second kappa shape index (κ2) is 9.45. The summed E-state index contributed by atoms with van der Waals surface area (Å²) in [7, 11) is 0. The zero-order chi connectivity index (χ0) is 20.8. The number of carbonyl (C=O) groups excluding carboxylic acids is 2. The Kier molecular flexibility index (Phi) is 6.74. The van der Waals surface area contributed by atoms with Crippen LogP contribution in [0.15, 0.2) is 60.0 Å². The predicted octanol–water partition coefficient (Wildman–Crippen LogP) is 2.84. The van der Waals surface area contributed by atoms with Gasteiger partial charge in [-0.25, -0.2) is 4.39 Å². The zero-order valence-electron chi connectivity index (χ0n) is 16.0. The Hall–Kier alpha value is -3.03. The topological polar surface area (TPSA) is 88.8 Å². The summed E-state index contributed by atoms with van der Waals surface area (Å²) in [6.07, 6.45) is 0.931. The van der Waals surface area contributed by atoms with Crippen LogP contribution in [0.5, 0.6) is 0 Å². The minimum atomic E-state index is -0.584. The molecule has 0 aliphatic rings. The van der Waals surface area contributed by atoms with Gasteiger partial charge >= 0.3 is 0 Å². The molecule has 0 aliphatic carbocycles. The maximum atomic E-state index is 13.8. The van der Waals surface area contributed by atoms with Gasteiger partial charge in [-0.15, -0.1) is 11.3 Å². The molecule has 2 aromatic carbocycles. The van der Waals surface area contributed by atoms with Gasteiger partial charge in [0.05, 0.1) is 5.56 Å². The highest BCUT2D eigenvalue weighted by molar-refractivity contribution is 7.14. The summed E-state index contributed by atoms with van der Waals surface area (Å²) < 4.78 is 13.8. The number of hydrogen-bond donors (Lipinski definition) is 3. The number of halogens is 1. The zero-order valence-corrected chi connectivity index (χ0v) is 16.8. The highest BCUT2D eigenvalue weighted by atomic mass is 32.1. The Bertz CT molecular complexity index is 1000. The molecule has 1 heterocycles. The number of thiophene rings is 1. The van der Waals surface area contributed by atoms with Gasteiger partial charge in [-0.2, -0.15) is 0 Å². The lowest BCUT2D eigenvalue weighted by Gasteiger charge is -2.17. The number of carbonyl (C=O) groups is 2. The molecule has 29 heavy (non-hydrogen) atoms. The van der Waals surface area contributed by atoms with Crippen molar-refractivity contribution in [3.05, 3.63) is 88.0 Å². The average molecular weight is 413 g/mol. The number of nitrogens with two attached hydrogens (primary N) is 2. The summed E-state index contributed by atoms with van der Waals surface area (Å²) in [6, 6.07) is 15.8. The maximum absolute atomic E-state index is 13.8. The van der Waals surface area contributed by atoms with Gasteiger partial charge in [0.2, 0.25) is 0 Å². The molecule has 3 rings (SSSR count). The molecule has 0 bridgehead atoms. The normalized spacial score (nSPS) is 11.8. The Morgan fingerprint density at radius 3 is 2.55 bits per heavy atom. The first kappa shape index (κ1) is 20.7. The molecule has 0 saturated heterocycles. The molecule has 3 aromatic rings. The molecular formula is C22H23FN3O2S+. The summed E-state index contributed by atoms with van der Waals surface area (Å²) >= 11 is 1.24. The second-order valence-corrected chi connectivity index (χ2v) is 7.56. The minimum absolute atomic E-state index is 0.104. The van der Waals surface area contributed by atoms with E-state index in [1.807, 2.05) is 35.6 Å². The number of quaternary nitrogens is 1. The van der Waals surface area contributed by atoms with Crippen molar-refractivity contribution in [2.75, 3.05) is 11.9 Å². The molecule has 0 fully saturated rings. The third-order valence-electron chi connectivity index (χ3n) is 4.68. The van der Waals surface area contributed by atoms with E-state index < -0.39 is 5.91 Å². The molecule has 0 aliphatic heterocycles. The average Bonchev–Trinajstić information content (AvgIpc) is 3.17. The molecule has 0 spiro atoms. The van der Waals surface area contributed by atoms with Crippen LogP contribution in [-0.4, -0.2) is 18.4 Å². The third kappa shape index (κ3) is 5.28. The lowest BCUT2D eigenvalue weighted by molar-refractivity contribution is -0.676. The molecule has 1 aromatic heterocycles. The van der Waals surface area contributed by atoms with Gasteiger partial charge in [-0.3, -0.25) is 9.59 Å².